The van der Waals surface area contributed by atoms with Crippen LogP contribution in [0.4, 0.5) is 0 Å². The van der Waals surface area contributed by atoms with Gasteiger partial charge in [0.05, 0.1) is 6.04 Å². The smallest absolute Gasteiger partial charge is 0.256 e. The summed E-state index contributed by atoms with van der Waals surface area (Å²) in [6.45, 7) is 6.91. The molecule has 3 heteroatoms. The Morgan fingerprint density at radius 2 is 1.82 bits per heavy atom. The van der Waals surface area contributed by atoms with Gasteiger partial charge in [-0.25, -0.2) is 0 Å². The molecule has 1 atom stereocenters. The lowest BCUT2D eigenvalue weighted by Gasteiger charge is -2.19. The van der Waals surface area contributed by atoms with Crippen molar-refractivity contribution < 1.29 is 0 Å². The Morgan fingerprint density at radius 3 is 2.45 bits per heavy atom. The molecule has 1 unspecified atom stereocenters. The lowest BCUT2D eigenvalue weighted by atomic mass is 9.96. The highest BCUT2D eigenvalue weighted by atomic mass is 16.1. The maximum absolute atomic E-state index is 12.9. The summed E-state index contributed by atoms with van der Waals surface area (Å²) >= 11 is 0. The van der Waals surface area contributed by atoms with Crippen LogP contribution in [-0.4, -0.2) is 4.57 Å². The lowest BCUT2D eigenvalue weighted by molar-refractivity contribution is 0.568. The van der Waals surface area contributed by atoms with Crippen LogP contribution >= 0.6 is 0 Å². The summed E-state index contributed by atoms with van der Waals surface area (Å²) < 4.78 is 1.88. The van der Waals surface area contributed by atoms with Gasteiger partial charge in [-0.05, 0) is 37.5 Å². The molecule has 0 bridgehead atoms. The van der Waals surface area contributed by atoms with E-state index in [1.807, 2.05) is 48.7 Å². The normalized spacial score (nSPS) is 12.4. The van der Waals surface area contributed by atoms with E-state index in [0.717, 1.165) is 42.6 Å². The molecular formula is C19H26N2O. The van der Waals surface area contributed by atoms with Crippen LogP contribution in [0, 0.1) is 13.8 Å². The topological polar surface area (TPSA) is 48.0 Å². The summed E-state index contributed by atoms with van der Waals surface area (Å²) in [6, 6.07) is 11.5. The molecule has 0 aliphatic rings. The number of hydrogen-bond acceptors (Lipinski definition) is 2. The predicted octanol–water partition coefficient (Wildman–Crippen LogP) is 3.70. The molecule has 0 aliphatic carbocycles. The third kappa shape index (κ3) is 3.47. The number of nitrogens with zero attached hydrogens (tertiary/aromatic N) is 1. The van der Waals surface area contributed by atoms with E-state index < -0.39 is 0 Å². The first-order valence-corrected chi connectivity index (χ1v) is 8.07. The predicted molar refractivity (Wildman–Crippen MR) is 92.2 cm³/mol. The van der Waals surface area contributed by atoms with E-state index in [-0.39, 0.29) is 11.6 Å². The molecule has 2 aromatic rings. The highest BCUT2D eigenvalue weighted by Gasteiger charge is 2.18. The summed E-state index contributed by atoms with van der Waals surface area (Å²) in [4.78, 5) is 12.9. The molecule has 0 saturated heterocycles. The van der Waals surface area contributed by atoms with Gasteiger partial charge in [0.1, 0.15) is 0 Å². The van der Waals surface area contributed by atoms with Gasteiger partial charge in [0.25, 0.3) is 5.56 Å². The summed E-state index contributed by atoms with van der Waals surface area (Å²) in [6.07, 6.45) is 3.32. The fourth-order valence-electron chi connectivity index (χ4n) is 2.95. The summed E-state index contributed by atoms with van der Waals surface area (Å²) in [5.41, 5.74) is 10.1. The van der Waals surface area contributed by atoms with Crippen LogP contribution in [0.2, 0.25) is 0 Å². The zero-order valence-electron chi connectivity index (χ0n) is 13.8. The first-order chi connectivity index (χ1) is 10.6. The van der Waals surface area contributed by atoms with Crippen LogP contribution in [0.1, 0.15) is 54.6 Å². The van der Waals surface area contributed by atoms with Crippen LogP contribution in [0.3, 0.4) is 0 Å². The molecule has 0 saturated carbocycles. The van der Waals surface area contributed by atoms with E-state index in [4.69, 9.17) is 5.73 Å². The van der Waals surface area contributed by atoms with Gasteiger partial charge in [-0.3, -0.25) is 4.79 Å². The largest absolute Gasteiger partial charge is 0.320 e. The van der Waals surface area contributed by atoms with Crippen LogP contribution in [0.25, 0.3) is 0 Å². The second-order valence-corrected chi connectivity index (χ2v) is 5.93. The van der Waals surface area contributed by atoms with Crippen molar-refractivity contribution in [2.45, 2.75) is 52.6 Å². The number of aromatic nitrogens is 1. The SMILES string of the molecule is CCCCCn1c(C)cc(C)c(C(N)c2ccccc2)c1=O. The zero-order valence-corrected chi connectivity index (χ0v) is 13.8. The number of unbranched alkanes of at least 4 members (excludes halogenated alkanes) is 2. The minimum absolute atomic E-state index is 0.0601. The fraction of sp³-hybridized carbons (Fsp3) is 0.421. The molecule has 0 spiro atoms. The van der Waals surface area contributed by atoms with Gasteiger partial charge in [0, 0.05) is 17.8 Å². The summed E-state index contributed by atoms with van der Waals surface area (Å²) in [5, 5.41) is 0. The zero-order chi connectivity index (χ0) is 16.1. The molecule has 1 aromatic heterocycles. The number of benzene rings is 1. The summed E-state index contributed by atoms with van der Waals surface area (Å²) in [7, 11) is 0. The Labute approximate surface area is 132 Å². The molecule has 118 valence electrons. The van der Waals surface area contributed by atoms with Gasteiger partial charge < -0.3 is 10.3 Å². The Hall–Kier alpha value is -1.87. The number of pyridine rings is 1. The van der Waals surface area contributed by atoms with Crippen molar-refractivity contribution in [1.82, 2.24) is 4.57 Å². The number of hydrogen-bond donors (Lipinski definition) is 1. The highest BCUT2D eigenvalue weighted by Crippen LogP contribution is 2.20. The lowest BCUT2D eigenvalue weighted by Crippen LogP contribution is -2.31. The maximum Gasteiger partial charge on any atom is 0.256 e. The minimum atomic E-state index is -0.369. The fourth-order valence-corrected chi connectivity index (χ4v) is 2.95. The average molecular weight is 298 g/mol. The van der Waals surface area contributed by atoms with Crippen molar-refractivity contribution in [2.75, 3.05) is 0 Å². The minimum Gasteiger partial charge on any atom is -0.320 e. The number of rotatable bonds is 6. The third-order valence-corrected chi connectivity index (χ3v) is 4.21. The van der Waals surface area contributed by atoms with Gasteiger partial charge >= 0.3 is 0 Å². The molecule has 2 rings (SSSR count). The molecule has 3 nitrogen and oxygen atoms in total. The molecular weight excluding hydrogens is 272 g/mol. The van der Waals surface area contributed by atoms with E-state index in [1.54, 1.807) is 0 Å². The van der Waals surface area contributed by atoms with Gasteiger partial charge in [0.15, 0.2) is 0 Å². The van der Waals surface area contributed by atoms with Gasteiger partial charge in [0.2, 0.25) is 0 Å². The van der Waals surface area contributed by atoms with Crippen LogP contribution in [0.5, 0.6) is 0 Å². The molecule has 22 heavy (non-hydrogen) atoms. The molecule has 0 aliphatic heterocycles. The standard InChI is InChI=1S/C19H26N2O/c1-4-5-9-12-21-15(3)13-14(2)17(19(21)22)18(20)16-10-7-6-8-11-16/h6-8,10-11,13,18H,4-5,9,12,20H2,1-3H3. The van der Waals surface area contributed by atoms with E-state index in [2.05, 4.69) is 13.0 Å². The maximum atomic E-state index is 12.9. The second-order valence-electron chi connectivity index (χ2n) is 5.93. The second kappa shape index (κ2) is 7.41. The van der Waals surface area contributed by atoms with E-state index >= 15 is 0 Å². The van der Waals surface area contributed by atoms with Crippen LogP contribution in [-0.2, 0) is 6.54 Å². The first kappa shape index (κ1) is 16.5. The van der Waals surface area contributed by atoms with E-state index in [0.29, 0.717) is 5.56 Å². The summed E-state index contributed by atoms with van der Waals surface area (Å²) in [5.74, 6) is 0. The average Bonchev–Trinajstić information content (AvgIpc) is 2.51. The quantitative estimate of drug-likeness (QED) is 0.827. The van der Waals surface area contributed by atoms with Gasteiger partial charge in [-0.1, -0.05) is 50.1 Å². The Morgan fingerprint density at radius 1 is 1.14 bits per heavy atom. The first-order valence-electron chi connectivity index (χ1n) is 8.07. The third-order valence-electron chi connectivity index (χ3n) is 4.21. The Bertz CT molecular complexity index is 674. The Kier molecular flexibility index (Phi) is 5.56. The van der Waals surface area contributed by atoms with Crippen molar-refractivity contribution in [3.05, 3.63) is 69.1 Å². The van der Waals surface area contributed by atoms with Gasteiger partial charge in [-0.15, -0.1) is 0 Å². The van der Waals surface area contributed by atoms with Crippen LogP contribution in [0.15, 0.2) is 41.2 Å². The molecule has 2 N–H and O–H groups in total. The Balaban J connectivity index is 2.43. The molecule has 1 aromatic carbocycles. The van der Waals surface area contributed by atoms with Crippen molar-refractivity contribution in [1.29, 1.82) is 0 Å². The van der Waals surface area contributed by atoms with Crippen molar-refractivity contribution >= 4 is 0 Å². The molecule has 0 amide bonds. The van der Waals surface area contributed by atoms with E-state index in [9.17, 15) is 4.79 Å². The number of aryl methyl sites for hydroxylation is 2. The van der Waals surface area contributed by atoms with Crippen molar-refractivity contribution in [3.8, 4) is 0 Å². The molecule has 1 heterocycles. The van der Waals surface area contributed by atoms with Gasteiger partial charge in [-0.2, -0.15) is 0 Å². The van der Waals surface area contributed by atoms with E-state index in [1.165, 1.54) is 0 Å². The van der Waals surface area contributed by atoms with Crippen LogP contribution < -0.4 is 11.3 Å². The number of nitrogens with two attached hydrogens (primary N) is 1. The molecule has 0 radical (unpaired) electrons. The molecule has 0 fully saturated rings. The van der Waals surface area contributed by atoms with Crippen molar-refractivity contribution in [3.63, 3.8) is 0 Å². The highest BCUT2D eigenvalue weighted by molar-refractivity contribution is 5.36. The van der Waals surface area contributed by atoms with Crippen molar-refractivity contribution in [2.24, 2.45) is 5.73 Å². The monoisotopic (exact) mass is 298 g/mol.